The average Bonchev–Trinajstić information content (AvgIpc) is 2.42. The number of carbonyl (C=O) groups is 1. The molecule has 0 amide bonds. The molecule has 1 aromatic heterocycles. The Hall–Kier alpha value is -2.37. The van der Waals surface area contributed by atoms with E-state index in [-0.39, 0.29) is 17.8 Å². The van der Waals surface area contributed by atoms with Crippen LogP contribution < -0.4 is 4.74 Å². The van der Waals surface area contributed by atoms with Crippen molar-refractivity contribution in [1.29, 1.82) is 0 Å². The van der Waals surface area contributed by atoms with E-state index >= 15 is 0 Å². The van der Waals surface area contributed by atoms with Crippen LogP contribution in [0.3, 0.4) is 0 Å². The second-order valence-electron chi connectivity index (χ2n) is 3.78. The van der Waals surface area contributed by atoms with E-state index in [4.69, 9.17) is 4.74 Å². The van der Waals surface area contributed by atoms with Gasteiger partial charge in [0, 0.05) is 11.6 Å². The first-order valence-electron chi connectivity index (χ1n) is 5.43. The predicted octanol–water partition coefficient (Wildman–Crippen LogP) is 2.19. The molecule has 19 heavy (non-hydrogen) atoms. The van der Waals surface area contributed by atoms with Crippen LogP contribution in [0, 0.1) is 11.6 Å². The lowest BCUT2D eigenvalue weighted by atomic mass is 10.1. The fourth-order valence-electron chi connectivity index (χ4n) is 1.52. The highest BCUT2D eigenvalue weighted by molar-refractivity contribution is 5.97. The number of hydrogen-bond acceptors (Lipinski definition) is 4. The Bertz CT molecular complexity index is 617. The van der Waals surface area contributed by atoms with Gasteiger partial charge in [0.25, 0.3) is 0 Å². The Morgan fingerprint density at radius 1 is 1.21 bits per heavy atom. The van der Waals surface area contributed by atoms with Crippen molar-refractivity contribution in [1.82, 2.24) is 9.97 Å². The van der Waals surface area contributed by atoms with Gasteiger partial charge in [-0.1, -0.05) is 0 Å². The Kier molecular flexibility index (Phi) is 3.79. The van der Waals surface area contributed by atoms with Gasteiger partial charge in [0.05, 0.1) is 19.2 Å². The van der Waals surface area contributed by atoms with Crippen molar-refractivity contribution in [3.63, 3.8) is 0 Å². The molecule has 0 radical (unpaired) electrons. The molecule has 0 atom stereocenters. The molecule has 98 valence electrons. The maximum absolute atomic E-state index is 13.0. The monoisotopic (exact) mass is 264 g/mol. The van der Waals surface area contributed by atoms with Crippen LogP contribution in [0.15, 0.2) is 30.6 Å². The Labute approximate surface area is 108 Å². The zero-order chi connectivity index (χ0) is 13.8. The summed E-state index contributed by atoms with van der Waals surface area (Å²) in [6.07, 6.45) is 1.23. The summed E-state index contributed by atoms with van der Waals surface area (Å²) in [5.41, 5.74) is 0.540. The third-order valence-corrected chi connectivity index (χ3v) is 2.49. The van der Waals surface area contributed by atoms with E-state index in [1.165, 1.54) is 25.6 Å². The van der Waals surface area contributed by atoms with Gasteiger partial charge >= 0.3 is 0 Å². The van der Waals surface area contributed by atoms with Crippen LogP contribution in [0.5, 0.6) is 5.88 Å². The topological polar surface area (TPSA) is 52.1 Å². The minimum absolute atomic E-state index is 0.0377. The molecule has 0 bridgehead atoms. The van der Waals surface area contributed by atoms with E-state index < -0.39 is 11.6 Å². The van der Waals surface area contributed by atoms with Gasteiger partial charge in [-0.05, 0) is 18.2 Å². The van der Waals surface area contributed by atoms with Gasteiger partial charge in [-0.3, -0.25) is 4.79 Å². The third kappa shape index (κ3) is 3.09. The van der Waals surface area contributed by atoms with Crippen molar-refractivity contribution in [2.75, 3.05) is 7.11 Å². The maximum atomic E-state index is 13.0. The minimum atomic E-state index is -1.05. The largest absolute Gasteiger partial charge is 0.481 e. The second-order valence-corrected chi connectivity index (χ2v) is 3.78. The normalized spacial score (nSPS) is 10.3. The van der Waals surface area contributed by atoms with E-state index in [9.17, 15) is 13.6 Å². The van der Waals surface area contributed by atoms with E-state index in [1.807, 2.05) is 0 Å². The van der Waals surface area contributed by atoms with Crippen molar-refractivity contribution in [3.8, 4) is 5.88 Å². The highest BCUT2D eigenvalue weighted by Gasteiger charge is 2.12. The highest BCUT2D eigenvalue weighted by atomic mass is 19.2. The summed E-state index contributed by atoms with van der Waals surface area (Å²) in [5.74, 6) is -2.06. The fraction of sp³-hybridized carbons (Fsp3) is 0.154. The van der Waals surface area contributed by atoms with Crippen LogP contribution in [0.1, 0.15) is 16.1 Å². The molecule has 1 heterocycles. The minimum Gasteiger partial charge on any atom is -0.481 e. The Morgan fingerprint density at radius 3 is 2.68 bits per heavy atom. The summed E-state index contributed by atoms with van der Waals surface area (Å²) in [4.78, 5) is 19.6. The lowest BCUT2D eigenvalue weighted by Crippen LogP contribution is -2.06. The van der Waals surface area contributed by atoms with Gasteiger partial charge in [-0.2, -0.15) is 0 Å². The molecule has 6 heteroatoms. The van der Waals surface area contributed by atoms with Gasteiger partial charge in [0.1, 0.15) is 6.33 Å². The summed E-state index contributed by atoms with van der Waals surface area (Å²) >= 11 is 0. The molecule has 0 fully saturated rings. The third-order valence-electron chi connectivity index (χ3n) is 2.49. The number of halogens is 2. The van der Waals surface area contributed by atoms with Crippen molar-refractivity contribution < 1.29 is 18.3 Å². The van der Waals surface area contributed by atoms with Crippen LogP contribution in [0.25, 0.3) is 0 Å². The highest BCUT2D eigenvalue weighted by Crippen LogP contribution is 2.12. The number of nitrogens with zero attached hydrogens (tertiary/aromatic N) is 2. The summed E-state index contributed by atoms with van der Waals surface area (Å²) in [7, 11) is 1.45. The molecule has 0 unspecified atom stereocenters. The number of Topliss-reactive ketones (excluding diaryl/α,β-unsaturated/α-hetero) is 1. The number of hydrogen-bond donors (Lipinski definition) is 0. The van der Waals surface area contributed by atoms with Crippen LogP contribution >= 0.6 is 0 Å². The van der Waals surface area contributed by atoms with Crippen LogP contribution in [-0.4, -0.2) is 22.9 Å². The number of rotatable bonds is 4. The van der Waals surface area contributed by atoms with Gasteiger partial charge < -0.3 is 4.74 Å². The number of carbonyl (C=O) groups excluding carboxylic acids is 1. The second kappa shape index (κ2) is 5.51. The number of methoxy groups -OCH3 is 1. The molecule has 0 aliphatic carbocycles. The molecule has 0 spiro atoms. The number of ether oxygens (including phenoxy) is 1. The molecule has 2 aromatic rings. The summed E-state index contributed by atoms with van der Waals surface area (Å²) in [6, 6.07) is 4.54. The fourth-order valence-corrected chi connectivity index (χ4v) is 1.52. The van der Waals surface area contributed by atoms with Gasteiger partial charge in [0.15, 0.2) is 17.4 Å². The van der Waals surface area contributed by atoms with E-state index in [2.05, 4.69) is 9.97 Å². The first-order chi connectivity index (χ1) is 9.10. The van der Waals surface area contributed by atoms with Crippen LogP contribution in [-0.2, 0) is 6.42 Å². The van der Waals surface area contributed by atoms with Crippen LogP contribution in [0.2, 0.25) is 0 Å². The molecule has 0 saturated heterocycles. The molecule has 2 rings (SSSR count). The number of aromatic nitrogens is 2. The number of ketones is 1. The van der Waals surface area contributed by atoms with E-state index in [1.54, 1.807) is 0 Å². The van der Waals surface area contributed by atoms with Crippen molar-refractivity contribution in [3.05, 3.63) is 53.5 Å². The molecule has 0 N–H and O–H groups in total. The molecule has 0 aliphatic rings. The van der Waals surface area contributed by atoms with E-state index in [0.717, 1.165) is 12.1 Å². The average molecular weight is 264 g/mol. The SMILES string of the molecule is COc1cc(CC(=O)c2ccc(F)c(F)c2)ncn1. The van der Waals surface area contributed by atoms with Crippen LogP contribution in [0.4, 0.5) is 8.78 Å². The van der Waals surface area contributed by atoms with E-state index in [0.29, 0.717) is 11.6 Å². The molecular formula is C13H10F2N2O2. The Morgan fingerprint density at radius 2 is 2.00 bits per heavy atom. The first-order valence-corrected chi connectivity index (χ1v) is 5.43. The molecule has 1 aromatic carbocycles. The zero-order valence-electron chi connectivity index (χ0n) is 10.1. The number of benzene rings is 1. The standard InChI is InChI=1S/C13H10F2N2O2/c1-19-13-6-9(16-7-17-13)5-12(18)8-2-3-10(14)11(15)4-8/h2-4,6-7H,5H2,1H3. The maximum Gasteiger partial charge on any atom is 0.216 e. The van der Waals surface area contributed by atoms with Gasteiger partial charge in [-0.15, -0.1) is 0 Å². The smallest absolute Gasteiger partial charge is 0.216 e. The van der Waals surface area contributed by atoms with Gasteiger partial charge in [-0.25, -0.2) is 18.7 Å². The zero-order valence-corrected chi connectivity index (χ0v) is 10.1. The molecular weight excluding hydrogens is 254 g/mol. The van der Waals surface area contributed by atoms with Crippen molar-refractivity contribution in [2.24, 2.45) is 0 Å². The Balaban J connectivity index is 2.18. The molecule has 0 aliphatic heterocycles. The predicted molar refractivity (Wildman–Crippen MR) is 63.0 cm³/mol. The lowest BCUT2D eigenvalue weighted by molar-refractivity contribution is 0.0991. The summed E-state index contributed by atoms with van der Waals surface area (Å²) in [5, 5.41) is 0. The summed E-state index contributed by atoms with van der Waals surface area (Å²) < 4.78 is 30.7. The lowest BCUT2D eigenvalue weighted by Gasteiger charge is -2.03. The molecule has 0 saturated carbocycles. The molecule has 4 nitrogen and oxygen atoms in total. The van der Waals surface area contributed by atoms with Crippen molar-refractivity contribution >= 4 is 5.78 Å². The van der Waals surface area contributed by atoms with Crippen molar-refractivity contribution in [2.45, 2.75) is 6.42 Å². The summed E-state index contributed by atoms with van der Waals surface area (Å²) in [6.45, 7) is 0. The quantitative estimate of drug-likeness (QED) is 0.794. The van der Waals surface area contributed by atoms with Gasteiger partial charge in [0.2, 0.25) is 5.88 Å². The first kappa shape index (κ1) is 13.1.